The van der Waals surface area contributed by atoms with E-state index in [1.54, 1.807) is 0 Å². The standard InChI is InChI=1S/C12H22N2O/c1-3-10(2)11-7-8-13-14(11)12-6-4-5-9-15-12/h8,10-12H,3-7,9H2,1-2H3/t10-,11+,12?/m1/s1. The van der Waals surface area contributed by atoms with Gasteiger partial charge < -0.3 is 4.74 Å². The maximum atomic E-state index is 5.80. The Balaban J connectivity index is 1.96. The van der Waals surface area contributed by atoms with E-state index in [-0.39, 0.29) is 6.23 Å². The molecule has 0 saturated carbocycles. The van der Waals surface area contributed by atoms with Gasteiger partial charge in [-0.25, -0.2) is 0 Å². The second-order valence-corrected chi connectivity index (χ2v) is 4.69. The molecule has 0 aromatic rings. The molecule has 2 aliphatic rings. The number of hydrogen-bond acceptors (Lipinski definition) is 3. The molecular weight excluding hydrogens is 188 g/mol. The average Bonchev–Trinajstić information content (AvgIpc) is 2.78. The largest absolute Gasteiger partial charge is 0.357 e. The van der Waals surface area contributed by atoms with Crippen molar-refractivity contribution in [2.45, 2.75) is 58.2 Å². The van der Waals surface area contributed by atoms with Gasteiger partial charge in [-0.2, -0.15) is 5.10 Å². The van der Waals surface area contributed by atoms with Crippen LogP contribution in [0.3, 0.4) is 0 Å². The fraction of sp³-hybridized carbons (Fsp3) is 0.917. The summed E-state index contributed by atoms with van der Waals surface area (Å²) in [6, 6.07) is 0.568. The Bertz CT molecular complexity index is 224. The van der Waals surface area contributed by atoms with Crippen LogP contribution in [0.4, 0.5) is 0 Å². The minimum atomic E-state index is 0.247. The third kappa shape index (κ3) is 2.33. The summed E-state index contributed by atoms with van der Waals surface area (Å²) in [5, 5.41) is 6.71. The number of ether oxygens (including phenoxy) is 1. The maximum absolute atomic E-state index is 5.80. The van der Waals surface area contributed by atoms with E-state index < -0.39 is 0 Å². The van der Waals surface area contributed by atoms with Gasteiger partial charge in [0.1, 0.15) is 6.23 Å². The first kappa shape index (κ1) is 10.9. The zero-order valence-electron chi connectivity index (χ0n) is 9.85. The topological polar surface area (TPSA) is 24.8 Å². The van der Waals surface area contributed by atoms with Gasteiger partial charge in [0.25, 0.3) is 0 Å². The molecule has 2 rings (SSSR count). The van der Waals surface area contributed by atoms with Crippen molar-refractivity contribution in [1.82, 2.24) is 5.01 Å². The Morgan fingerprint density at radius 1 is 1.53 bits per heavy atom. The van der Waals surface area contributed by atoms with Crippen LogP contribution in [-0.2, 0) is 4.74 Å². The molecule has 2 aliphatic heterocycles. The van der Waals surface area contributed by atoms with Gasteiger partial charge in [-0.05, 0) is 25.2 Å². The van der Waals surface area contributed by atoms with Crippen molar-refractivity contribution in [2.75, 3.05) is 6.61 Å². The lowest BCUT2D eigenvalue weighted by atomic mass is 9.96. The summed E-state index contributed by atoms with van der Waals surface area (Å²) in [6.07, 6.45) is 8.24. The van der Waals surface area contributed by atoms with E-state index in [4.69, 9.17) is 4.74 Å². The summed E-state index contributed by atoms with van der Waals surface area (Å²) >= 11 is 0. The molecule has 0 aliphatic carbocycles. The third-order valence-corrected chi connectivity index (χ3v) is 3.65. The molecule has 0 aromatic carbocycles. The van der Waals surface area contributed by atoms with Crippen molar-refractivity contribution in [1.29, 1.82) is 0 Å². The fourth-order valence-corrected chi connectivity index (χ4v) is 2.43. The molecule has 1 unspecified atom stereocenters. The van der Waals surface area contributed by atoms with Gasteiger partial charge in [0.2, 0.25) is 0 Å². The molecule has 0 N–H and O–H groups in total. The molecule has 3 atom stereocenters. The number of hydrogen-bond donors (Lipinski definition) is 0. The molecule has 0 bridgehead atoms. The van der Waals surface area contributed by atoms with Gasteiger partial charge in [0.15, 0.2) is 0 Å². The van der Waals surface area contributed by atoms with E-state index in [0.717, 1.165) is 19.4 Å². The Hall–Kier alpha value is -0.570. The van der Waals surface area contributed by atoms with Crippen LogP contribution in [0.2, 0.25) is 0 Å². The van der Waals surface area contributed by atoms with Crippen LogP contribution in [-0.4, -0.2) is 30.1 Å². The van der Waals surface area contributed by atoms with Crippen molar-refractivity contribution in [3.63, 3.8) is 0 Å². The van der Waals surface area contributed by atoms with Gasteiger partial charge >= 0.3 is 0 Å². The van der Waals surface area contributed by atoms with Gasteiger partial charge in [-0.3, -0.25) is 5.01 Å². The van der Waals surface area contributed by atoms with E-state index in [9.17, 15) is 0 Å². The zero-order valence-corrected chi connectivity index (χ0v) is 9.85. The van der Waals surface area contributed by atoms with Crippen molar-refractivity contribution >= 4 is 6.21 Å². The Morgan fingerprint density at radius 3 is 3.07 bits per heavy atom. The smallest absolute Gasteiger partial charge is 0.146 e. The highest BCUT2D eigenvalue weighted by atomic mass is 16.5. The summed E-state index contributed by atoms with van der Waals surface area (Å²) < 4.78 is 5.80. The van der Waals surface area contributed by atoms with E-state index in [1.807, 2.05) is 0 Å². The van der Waals surface area contributed by atoms with E-state index in [0.29, 0.717) is 12.0 Å². The van der Waals surface area contributed by atoms with Crippen molar-refractivity contribution in [3.8, 4) is 0 Å². The monoisotopic (exact) mass is 210 g/mol. The summed E-state index contributed by atoms with van der Waals surface area (Å²) in [6.45, 7) is 5.47. The third-order valence-electron chi connectivity index (χ3n) is 3.65. The molecule has 2 heterocycles. The summed E-state index contributed by atoms with van der Waals surface area (Å²) in [5.41, 5.74) is 0. The Morgan fingerprint density at radius 2 is 2.40 bits per heavy atom. The summed E-state index contributed by atoms with van der Waals surface area (Å²) in [4.78, 5) is 0. The van der Waals surface area contributed by atoms with Crippen LogP contribution in [0.25, 0.3) is 0 Å². The lowest BCUT2D eigenvalue weighted by Crippen LogP contribution is -2.42. The molecular formula is C12H22N2O. The minimum absolute atomic E-state index is 0.247. The SMILES string of the molecule is CC[C@@H](C)[C@@H]1CC=NN1C1CCCCO1. The normalized spacial score (nSPS) is 33.3. The predicted octanol–water partition coefficient (Wildman–Crippen LogP) is 2.62. The molecule has 0 radical (unpaired) electrons. The van der Waals surface area contributed by atoms with Crippen LogP contribution < -0.4 is 0 Å². The molecule has 15 heavy (non-hydrogen) atoms. The summed E-state index contributed by atoms with van der Waals surface area (Å²) in [5.74, 6) is 0.707. The van der Waals surface area contributed by atoms with Crippen molar-refractivity contribution in [3.05, 3.63) is 0 Å². The maximum Gasteiger partial charge on any atom is 0.146 e. The molecule has 0 spiro atoms. The second-order valence-electron chi connectivity index (χ2n) is 4.69. The Kier molecular flexibility index (Phi) is 3.62. The summed E-state index contributed by atoms with van der Waals surface area (Å²) in [7, 11) is 0. The quantitative estimate of drug-likeness (QED) is 0.715. The molecule has 1 saturated heterocycles. The highest BCUT2D eigenvalue weighted by Gasteiger charge is 2.32. The lowest BCUT2D eigenvalue weighted by Gasteiger charge is -2.36. The van der Waals surface area contributed by atoms with Crippen LogP contribution >= 0.6 is 0 Å². The molecule has 0 amide bonds. The van der Waals surface area contributed by atoms with Crippen LogP contribution in [0, 0.1) is 5.92 Å². The molecule has 1 fully saturated rings. The first-order chi connectivity index (χ1) is 7.33. The van der Waals surface area contributed by atoms with Gasteiger partial charge in [-0.15, -0.1) is 0 Å². The van der Waals surface area contributed by atoms with Crippen LogP contribution in [0.1, 0.15) is 46.0 Å². The first-order valence-electron chi connectivity index (χ1n) is 6.25. The van der Waals surface area contributed by atoms with Crippen LogP contribution in [0.5, 0.6) is 0 Å². The average molecular weight is 210 g/mol. The van der Waals surface area contributed by atoms with Crippen molar-refractivity contribution in [2.24, 2.45) is 11.0 Å². The van der Waals surface area contributed by atoms with Crippen molar-refractivity contribution < 1.29 is 4.74 Å². The van der Waals surface area contributed by atoms with E-state index in [2.05, 4.69) is 30.2 Å². The number of nitrogens with zero attached hydrogens (tertiary/aromatic N) is 2. The molecule has 86 valence electrons. The highest BCUT2D eigenvalue weighted by molar-refractivity contribution is 5.60. The molecule has 0 aromatic heterocycles. The molecule has 3 nitrogen and oxygen atoms in total. The minimum Gasteiger partial charge on any atom is -0.357 e. The van der Waals surface area contributed by atoms with E-state index in [1.165, 1.54) is 19.3 Å². The van der Waals surface area contributed by atoms with E-state index >= 15 is 0 Å². The van der Waals surface area contributed by atoms with Gasteiger partial charge in [0, 0.05) is 19.2 Å². The number of hydrazone groups is 1. The zero-order chi connectivity index (χ0) is 10.7. The lowest BCUT2D eigenvalue weighted by molar-refractivity contribution is -0.104. The highest BCUT2D eigenvalue weighted by Crippen LogP contribution is 2.28. The first-order valence-corrected chi connectivity index (χ1v) is 6.25. The van der Waals surface area contributed by atoms with Gasteiger partial charge in [0.05, 0.1) is 6.04 Å². The van der Waals surface area contributed by atoms with Crippen LogP contribution in [0.15, 0.2) is 5.10 Å². The number of rotatable bonds is 3. The predicted molar refractivity (Wildman–Crippen MR) is 61.8 cm³/mol. The second kappa shape index (κ2) is 4.97. The van der Waals surface area contributed by atoms with Gasteiger partial charge in [-0.1, -0.05) is 20.3 Å². The Labute approximate surface area is 92.5 Å². The molecule has 3 heteroatoms. The fourth-order valence-electron chi connectivity index (χ4n) is 2.43.